The van der Waals surface area contributed by atoms with E-state index < -0.39 is 10.0 Å². The monoisotopic (exact) mass is 393 g/mol. The maximum absolute atomic E-state index is 12.5. The van der Waals surface area contributed by atoms with Gasteiger partial charge in [0.05, 0.1) is 6.42 Å². The minimum absolute atomic E-state index is 0.0869. The molecule has 0 radical (unpaired) electrons. The van der Waals surface area contributed by atoms with E-state index in [4.69, 9.17) is 0 Å². The van der Waals surface area contributed by atoms with Crippen LogP contribution in [0.5, 0.6) is 0 Å². The summed E-state index contributed by atoms with van der Waals surface area (Å²) in [4.78, 5) is 14.3. The summed E-state index contributed by atoms with van der Waals surface area (Å²) in [5.41, 5.74) is 1.36. The van der Waals surface area contributed by atoms with Gasteiger partial charge in [0, 0.05) is 18.8 Å². The lowest BCUT2D eigenvalue weighted by atomic mass is 10.0. The summed E-state index contributed by atoms with van der Waals surface area (Å²) < 4.78 is 27.3. The molecule has 0 spiro atoms. The molecule has 0 unspecified atom stereocenters. The average molecular weight is 394 g/mol. The molecule has 3 rings (SSSR count). The molecule has 26 heavy (non-hydrogen) atoms. The number of amides is 1. The maximum Gasteiger partial charge on any atom is 0.271 e. The number of nitrogens with one attached hydrogen (secondary N) is 2. The minimum atomic E-state index is -3.55. The highest BCUT2D eigenvalue weighted by Gasteiger charge is 2.22. The van der Waals surface area contributed by atoms with E-state index in [0.29, 0.717) is 18.2 Å². The Kier molecular flexibility index (Phi) is 5.95. The third-order valence-corrected chi connectivity index (χ3v) is 7.35. The first-order valence-electron chi connectivity index (χ1n) is 8.57. The Labute approximate surface area is 158 Å². The number of rotatable bonds is 6. The molecule has 0 saturated carbocycles. The Morgan fingerprint density at radius 1 is 1.23 bits per heavy atom. The van der Waals surface area contributed by atoms with Crippen molar-refractivity contribution in [3.63, 3.8) is 0 Å². The van der Waals surface area contributed by atoms with Gasteiger partial charge in [-0.2, -0.15) is 0 Å². The number of thiophene rings is 1. The summed E-state index contributed by atoms with van der Waals surface area (Å²) in [6.07, 6.45) is 2.27. The molecule has 1 aliphatic rings. The number of nitrogens with zero attached hydrogens (tertiary/aromatic N) is 1. The van der Waals surface area contributed by atoms with Crippen LogP contribution < -0.4 is 10.0 Å². The first-order valence-corrected chi connectivity index (χ1v) is 10.9. The Morgan fingerprint density at radius 2 is 1.92 bits per heavy atom. The number of carbonyl (C=O) groups excluding carboxylic acids is 1. The Morgan fingerprint density at radius 3 is 2.54 bits per heavy atom. The van der Waals surface area contributed by atoms with E-state index in [1.54, 1.807) is 41.8 Å². The molecule has 6 nitrogen and oxygen atoms in total. The highest BCUT2D eigenvalue weighted by Crippen LogP contribution is 2.21. The standard InChI is InChI=1S/C18H23N3O3S2/c1-21(16-8-10-19-11-9-16)17(22)13-14-4-6-15(7-5-14)20-26(23,24)18-3-2-12-25-18/h2-7,12,16,19-20H,8-11,13H2,1H3. The Hall–Kier alpha value is -1.90. The van der Waals surface area contributed by atoms with E-state index in [1.807, 2.05) is 11.9 Å². The van der Waals surface area contributed by atoms with Crippen LogP contribution in [0.25, 0.3) is 0 Å². The quantitative estimate of drug-likeness (QED) is 0.789. The molecule has 0 aliphatic carbocycles. The molecule has 1 amide bonds. The summed E-state index contributed by atoms with van der Waals surface area (Å²) in [7, 11) is -1.68. The van der Waals surface area contributed by atoms with Crippen molar-refractivity contribution in [1.82, 2.24) is 10.2 Å². The van der Waals surface area contributed by atoms with Gasteiger partial charge in [-0.1, -0.05) is 18.2 Å². The lowest BCUT2D eigenvalue weighted by Gasteiger charge is -2.31. The van der Waals surface area contributed by atoms with Crippen molar-refractivity contribution in [2.24, 2.45) is 0 Å². The van der Waals surface area contributed by atoms with Crippen molar-refractivity contribution >= 4 is 33.0 Å². The molecule has 8 heteroatoms. The van der Waals surface area contributed by atoms with Gasteiger partial charge >= 0.3 is 0 Å². The fourth-order valence-corrected chi connectivity index (χ4v) is 5.06. The van der Waals surface area contributed by atoms with Crippen molar-refractivity contribution in [2.45, 2.75) is 29.5 Å². The van der Waals surface area contributed by atoms with Gasteiger partial charge in [-0.15, -0.1) is 11.3 Å². The molecule has 140 valence electrons. The third-order valence-electron chi connectivity index (χ3n) is 4.57. The van der Waals surface area contributed by atoms with Crippen molar-refractivity contribution < 1.29 is 13.2 Å². The zero-order chi connectivity index (χ0) is 18.6. The summed E-state index contributed by atoms with van der Waals surface area (Å²) in [6.45, 7) is 1.89. The molecule has 1 saturated heterocycles. The van der Waals surface area contributed by atoms with Crippen LogP contribution in [0.4, 0.5) is 5.69 Å². The number of hydrogen-bond acceptors (Lipinski definition) is 5. The van der Waals surface area contributed by atoms with E-state index in [9.17, 15) is 13.2 Å². The van der Waals surface area contributed by atoms with Crippen LogP contribution in [0.2, 0.25) is 0 Å². The van der Waals surface area contributed by atoms with Gasteiger partial charge in [-0.05, 0) is 55.1 Å². The second-order valence-corrected chi connectivity index (χ2v) is 9.25. The molecule has 0 bridgehead atoms. The summed E-state index contributed by atoms with van der Waals surface area (Å²) in [5, 5.41) is 5.02. The normalized spacial score (nSPS) is 15.6. The fourth-order valence-electron chi connectivity index (χ4n) is 3.01. The van der Waals surface area contributed by atoms with Crippen LogP contribution in [-0.2, 0) is 21.2 Å². The van der Waals surface area contributed by atoms with Gasteiger partial charge in [0.2, 0.25) is 5.91 Å². The van der Waals surface area contributed by atoms with E-state index in [0.717, 1.165) is 31.5 Å². The molecule has 0 atom stereocenters. The number of anilines is 1. The second kappa shape index (κ2) is 8.20. The molecule has 1 aromatic carbocycles. The Balaban J connectivity index is 1.60. The molecule has 2 N–H and O–H groups in total. The number of benzene rings is 1. The number of likely N-dealkylation sites (N-methyl/N-ethyl adjacent to an activating group) is 1. The first-order chi connectivity index (χ1) is 12.5. The van der Waals surface area contributed by atoms with Crippen molar-refractivity contribution in [3.8, 4) is 0 Å². The van der Waals surface area contributed by atoms with Crippen LogP contribution in [0.3, 0.4) is 0 Å². The van der Waals surface area contributed by atoms with Crippen LogP contribution in [0, 0.1) is 0 Å². The third kappa shape index (κ3) is 4.63. The molecular weight excluding hydrogens is 370 g/mol. The number of carbonyl (C=O) groups is 1. The highest BCUT2D eigenvalue weighted by atomic mass is 32.2. The first kappa shape index (κ1) is 18.9. The molecule has 1 aliphatic heterocycles. The zero-order valence-corrected chi connectivity index (χ0v) is 16.3. The molecular formula is C18H23N3O3S2. The minimum Gasteiger partial charge on any atom is -0.342 e. The van der Waals surface area contributed by atoms with Gasteiger partial charge in [-0.25, -0.2) is 8.42 Å². The predicted molar refractivity (Wildman–Crippen MR) is 104 cm³/mol. The van der Waals surface area contributed by atoms with Crippen molar-refractivity contribution in [3.05, 3.63) is 47.3 Å². The summed E-state index contributed by atoms with van der Waals surface area (Å²) in [5.74, 6) is 0.0869. The van der Waals surface area contributed by atoms with Gasteiger partial charge < -0.3 is 10.2 Å². The van der Waals surface area contributed by atoms with Gasteiger partial charge in [0.25, 0.3) is 10.0 Å². The van der Waals surface area contributed by atoms with Crippen LogP contribution in [0.15, 0.2) is 46.0 Å². The van der Waals surface area contributed by atoms with Crippen LogP contribution in [0.1, 0.15) is 18.4 Å². The van der Waals surface area contributed by atoms with Crippen LogP contribution in [-0.4, -0.2) is 45.4 Å². The Bertz CT molecular complexity index is 827. The summed E-state index contributed by atoms with van der Waals surface area (Å²) in [6, 6.07) is 10.5. The van der Waals surface area contributed by atoms with E-state index in [2.05, 4.69) is 10.0 Å². The van der Waals surface area contributed by atoms with E-state index >= 15 is 0 Å². The molecule has 2 aromatic rings. The van der Waals surface area contributed by atoms with Gasteiger partial charge in [0.1, 0.15) is 4.21 Å². The lowest BCUT2D eigenvalue weighted by Crippen LogP contribution is -2.44. The predicted octanol–water partition coefficient (Wildman–Crippen LogP) is 2.30. The van der Waals surface area contributed by atoms with E-state index in [-0.39, 0.29) is 10.1 Å². The topological polar surface area (TPSA) is 78.5 Å². The lowest BCUT2D eigenvalue weighted by molar-refractivity contribution is -0.131. The zero-order valence-electron chi connectivity index (χ0n) is 14.6. The highest BCUT2D eigenvalue weighted by molar-refractivity contribution is 7.94. The maximum atomic E-state index is 12.5. The SMILES string of the molecule is CN(C(=O)Cc1ccc(NS(=O)(=O)c2cccs2)cc1)C1CCNCC1. The van der Waals surface area contributed by atoms with E-state index in [1.165, 1.54) is 11.3 Å². The molecule has 1 fully saturated rings. The number of hydrogen-bond donors (Lipinski definition) is 2. The smallest absolute Gasteiger partial charge is 0.271 e. The van der Waals surface area contributed by atoms with Gasteiger partial charge in [-0.3, -0.25) is 9.52 Å². The molecule has 1 aromatic heterocycles. The van der Waals surface area contributed by atoms with Crippen molar-refractivity contribution in [2.75, 3.05) is 24.9 Å². The largest absolute Gasteiger partial charge is 0.342 e. The molecule has 2 heterocycles. The second-order valence-electron chi connectivity index (χ2n) is 6.40. The van der Waals surface area contributed by atoms with Gasteiger partial charge in [0.15, 0.2) is 0 Å². The van der Waals surface area contributed by atoms with Crippen molar-refractivity contribution in [1.29, 1.82) is 0 Å². The van der Waals surface area contributed by atoms with Crippen LogP contribution >= 0.6 is 11.3 Å². The number of piperidine rings is 1. The average Bonchev–Trinajstić information content (AvgIpc) is 3.19. The fraction of sp³-hybridized carbons (Fsp3) is 0.389. The summed E-state index contributed by atoms with van der Waals surface area (Å²) >= 11 is 1.17. The number of sulfonamides is 1.